The predicted molar refractivity (Wildman–Crippen MR) is 261 cm³/mol. The lowest BCUT2D eigenvalue weighted by molar-refractivity contribution is 1.06. The van der Waals surface area contributed by atoms with Crippen molar-refractivity contribution >= 4 is 50.0 Å². The molecule has 1 aromatic heterocycles. The van der Waals surface area contributed by atoms with Gasteiger partial charge in [0.25, 0.3) is 0 Å². The molecule has 6 bridgehead atoms. The van der Waals surface area contributed by atoms with Gasteiger partial charge in [0.1, 0.15) is 0 Å². The van der Waals surface area contributed by atoms with Crippen molar-refractivity contribution in [2.75, 3.05) is 4.90 Å². The second-order valence-electron chi connectivity index (χ2n) is 16.7. The Morgan fingerprint density at radius 2 is 0.952 bits per heavy atom. The zero-order chi connectivity index (χ0) is 40.7. The fraction of sp³-hybridized carbons (Fsp3) is 0.0333. The van der Waals surface area contributed by atoms with Crippen molar-refractivity contribution in [3.8, 4) is 61.3 Å². The monoisotopic (exact) mass is 788 g/mol. The minimum absolute atomic E-state index is 1.07. The van der Waals surface area contributed by atoms with Crippen molar-refractivity contribution in [2.24, 2.45) is 0 Å². The van der Waals surface area contributed by atoms with Gasteiger partial charge in [0, 0.05) is 33.5 Å². The summed E-state index contributed by atoms with van der Waals surface area (Å²) in [5.41, 5.74) is 25.3. The smallest absolute Gasteiger partial charge is 0.0561 e. The molecule has 2 nitrogen and oxygen atoms in total. The number of para-hydroxylation sites is 2. The normalized spacial score (nSPS) is 13.2. The number of allylic oxidation sites excluding steroid dienone is 4. The van der Waals surface area contributed by atoms with Gasteiger partial charge in [-0.1, -0.05) is 158 Å². The average molecular weight is 789 g/mol. The van der Waals surface area contributed by atoms with Crippen LogP contribution in [0.2, 0.25) is 0 Å². The largest absolute Gasteiger partial charge is 0.310 e. The molecule has 0 saturated heterocycles. The lowest BCUT2D eigenvalue weighted by atomic mass is 9.80. The SMILES string of the molecule is C1=CC2=C(CC1)c1cccc3c1-c1cc(-c4ccc(N(c5ccc(-c6ccccc6)cc5)c5ccc6c7ccccc7n(-c7ccccc7)c6c5)cc4)ccc1-c1cccc-3c12. The first kappa shape index (κ1) is 34.9. The molecule has 13 rings (SSSR count). The van der Waals surface area contributed by atoms with E-state index in [-0.39, 0.29) is 0 Å². The van der Waals surface area contributed by atoms with Crippen molar-refractivity contribution in [1.82, 2.24) is 4.57 Å². The van der Waals surface area contributed by atoms with Gasteiger partial charge in [-0.15, -0.1) is 0 Å². The highest BCUT2D eigenvalue weighted by Crippen LogP contribution is 2.56. The van der Waals surface area contributed by atoms with E-state index >= 15 is 0 Å². The molecule has 0 radical (unpaired) electrons. The van der Waals surface area contributed by atoms with Crippen LogP contribution in [0.25, 0.3) is 94.3 Å². The second kappa shape index (κ2) is 13.8. The van der Waals surface area contributed by atoms with Crippen molar-refractivity contribution < 1.29 is 0 Å². The molecule has 1 heterocycles. The van der Waals surface area contributed by atoms with E-state index in [2.05, 4.69) is 228 Å². The molecule has 2 heteroatoms. The highest BCUT2D eigenvalue weighted by Gasteiger charge is 2.32. The van der Waals surface area contributed by atoms with Crippen molar-refractivity contribution in [3.63, 3.8) is 0 Å². The highest BCUT2D eigenvalue weighted by atomic mass is 15.1. The molecular weight excluding hydrogens is 749 g/mol. The summed E-state index contributed by atoms with van der Waals surface area (Å²) in [6.45, 7) is 0. The van der Waals surface area contributed by atoms with Crippen LogP contribution < -0.4 is 4.90 Å². The Labute approximate surface area is 361 Å². The van der Waals surface area contributed by atoms with Crippen molar-refractivity contribution in [3.05, 3.63) is 230 Å². The summed E-state index contributed by atoms with van der Waals surface area (Å²) < 4.78 is 2.40. The number of anilines is 3. The Morgan fingerprint density at radius 1 is 0.371 bits per heavy atom. The van der Waals surface area contributed by atoms with Crippen LogP contribution in [-0.4, -0.2) is 4.57 Å². The molecule has 10 aromatic rings. The van der Waals surface area contributed by atoms with Gasteiger partial charge in [0.15, 0.2) is 0 Å². The maximum Gasteiger partial charge on any atom is 0.0561 e. The standard InChI is InChI=1S/C60H40N2/c1-3-13-39(14-4-1)40-25-30-44(31-26-40)61(46-34-36-50-49-18-9-10-24-57(49)62(58(50)38-46)43-15-5-2-6-16-43)45-32-27-41(28-33-45)42-29-35-48-53-21-12-22-54-55-23-11-20-52(60(55)56(48)37-42)47-17-7-8-19-51(47)59(53)54/h1-6,8-16,18-38H,7,17H2. The molecule has 0 saturated carbocycles. The second-order valence-corrected chi connectivity index (χ2v) is 16.7. The lowest BCUT2D eigenvalue weighted by Crippen LogP contribution is -2.10. The fourth-order valence-corrected chi connectivity index (χ4v) is 10.6. The van der Waals surface area contributed by atoms with Crippen molar-refractivity contribution in [1.29, 1.82) is 0 Å². The van der Waals surface area contributed by atoms with Crippen LogP contribution in [0.3, 0.4) is 0 Å². The van der Waals surface area contributed by atoms with Crippen LogP contribution in [0.15, 0.2) is 218 Å². The molecule has 62 heavy (non-hydrogen) atoms. The molecular formula is C60H40N2. The Bertz CT molecular complexity index is 3480. The summed E-state index contributed by atoms with van der Waals surface area (Å²) >= 11 is 0. The average Bonchev–Trinajstić information content (AvgIpc) is 3.62. The van der Waals surface area contributed by atoms with Gasteiger partial charge >= 0.3 is 0 Å². The number of hydrogen-bond acceptors (Lipinski definition) is 1. The number of benzene rings is 9. The molecule has 0 unspecified atom stereocenters. The maximum absolute atomic E-state index is 2.45. The number of rotatable bonds is 6. The molecule has 3 aliphatic carbocycles. The first-order chi connectivity index (χ1) is 30.8. The molecule has 0 fully saturated rings. The first-order valence-electron chi connectivity index (χ1n) is 21.7. The van der Waals surface area contributed by atoms with Crippen LogP contribution in [0.5, 0.6) is 0 Å². The zero-order valence-corrected chi connectivity index (χ0v) is 34.1. The van der Waals surface area contributed by atoms with E-state index in [4.69, 9.17) is 0 Å². The summed E-state index contributed by atoms with van der Waals surface area (Å²) in [4.78, 5) is 2.40. The fourth-order valence-electron chi connectivity index (χ4n) is 10.6. The van der Waals surface area contributed by atoms with Crippen LogP contribution in [0.4, 0.5) is 17.1 Å². The van der Waals surface area contributed by atoms with Crippen LogP contribution in [0.1, 0.15) is 24.0 Å². The summed E-state index contributed by atoms with van der Waals surface area (Å²) in [6, 6.07) is 76.2. The number of fused-ring (bicyclic) bond motifs is 6. The molecule has 0 amide bonds. The number of hydrogen-bond donors (Lipinski definition) is 0. The van der Waals surface area contributed by atoms with E-state index in [1.807, 2.05) is 0 Å². The van der Waals surface area contributed by atoms with Gasteiger partial charge < -0.3 is 9.47 Å². The third-order valence-corrected chi connectivity index (χ3v) is 13.4. The third kappa shape index (κ3) is 5.30. The zero-order valence-electron chi connectivity index (χ0n) is 34.1. The van der Waals surface area contributed by atoms with Gasteiger partial charge in [-0.2, -0.15) is 0 Å². The lowest BCUT2D eigenvalue weighted by Gasteiger charge is -2.26. The summed E-state index contributed by atoms with van der Waals surface area (Å²) in [7, 11) is 0. The third-order valence-electron chi connectivity index (χ3n) is 13.4. The summed E-state index contributed by atoms with van der Waals surface area (Å²) in [5, 5.41) is 2.49. The van der Waals surface area contributed by atoms with Gasteiger partial charge in [-0.25, -0.2) is 0 Å². The Balaban J connectivity index is 0.951. The summed E-state index contributed by atoms with van der Waals surface area (Å²) in [5.74, 6) is 0. The number of aromatic nitrogens is 1. The van der Waals surface area contributed by atoms with Crippen molar-refractivity contribution in [2.45, 2.75) is 12.8 Å². The molecule has 0 atom stereocenters. The van der Waals surface area contributed by atoms with Crippen LogP contribution in [-0.2, 0) is 0 Å². The van der Waals surface area contributed by atoms with Gasteiger partial charge in [0.2, 0.25) is 0 Å². The van der Waals surface area contributed by atoms with Crippen LogP contribution in [0, 0.1) is 0 Å². The van der Waals surface area contributed by atoms with E-state index in [9.17, 15) is 0 Å². The minimum atomic E-state index is 1.07. The Kier molecular flexibility index (Phi) is 7.77. The Morgan fingerprint density at radius 3 is 1.71 bits per heavy atom. The topological polar surface area (TPSA) is 8.17 Å². The quantitative estimate of drug-likeness (QED) is 0.163. The molecule has 290 valence electrons. The predicted octanol–water partition coefficient (Wildman–Crippen LogP) is 16.5. The van der Waals surface area contributed by atoms with E-state index in [0.717, 1.165) is 35.6 Å². The van der Waals surface area contributed by atoms with E-state index < -0.39 is 0 Å². The highest BCUT2D eigenvalue weighted by molar-refractivity contribution is 6.16. The van der Waals surface area contributed by atoms with E-state index in [0.29, 0.717) is 0 Å². The molecule has 3 aliphatic rings. The Hall–Kier alpha value is -7.94. The molecule has 0 spiro atoms. The number of nitrogens with zero attached hydrogens (tertiary/aromatic N) is 2. The summed E-state index contributed by atoms with van der Waals surface area (Å²) in [6.07, 6.45) is 6.88. The first-order valence-corrected chi connectivity index (χ1v) is 21.7. The van der Waals surface area contributed by atoms with Crippen LogP contribution >= 0.6 is 0 Å². The van der Waals surface area contributed by atoms with Gasteiger partial charge in [-0.05, 0) is 151 Å². The van der Waals surface area contributed by atoms with Gasteiger partial charge in [0.05, 0.1) is 11.0 Å². The van der Waals surface area contributed by atoms with E-state index in [1.54, 1.807) is 0 Å². The maximum atomic E-state index is 2.45. The van der Waals surface area contributed by atoms with E-state index in [1.165, 1.54) is 99.7 Å². The molecule has 9 aromatic carbocycles. The minimum Gasteiger partial charge on any atom is -0.310 e. The molecule has 0 aliphatic heterocycles. The van der Waals surface area contributed by atoms with Gasteiger partial charge in [-0.3, -0.25) is 0 Å². The molecule has 0 N–H and O–H groups in total.